The monoisotopic (exact) mass is 257 g/mol. The van der Waals surface area contributed by atoms with Crippen molar-refractivity contribution in [1.82, 2.24) is 15.1 Å². The van der Waals surface area contributed by atoms with E-state index >= 15 is 0 Å². The van der Waals surface area contributed by atoms with E-state index in [0.717, 1.165) is 19.4 Å². The molecule has 1 atom stereocenters. The first kappa shape index (κ1) is 13.8. The molecule has 0 amide bonds. The number of benzene rings is 1. The molecule has 0 spiro atoms. The molecule has 0 saturated carbocycles. The van der Waals surface area contributed by atoms with Crippen molar-refractivity contribution in [2.24, 2.45) is 7.05 Å². The molecule has 3 heteroatoms. The number of aromatic nitrogens is 2. The molecule has 0 aliphatic heterocycles. The molecule has 2 aromatic rings. The molecule has 1 heterocycles. The van der Waals surface area contributed by atoms with Gasteiger partial charge >= 0.3 is 0 Å². The van der Waals surface area contributed by atoms with Crippen molar-refractivity contribution in [3.63, 3.8) is 0 Å². The van der Waals surface area contributed by atoms with Gasteiger partial charge in [-0.15, -0.1) is 0 Å². The lowest BCUT2D eigenvalue weighted by Crippen LogP contribution is -2.21. The van der Waals surface area contributed by atoms with E-state index in [1.807, 2.05) is 17.9 Å². The van der Waals surface area contributed by atoms with Crippen molar-refractivity contribution in [3.8, 4) is 0 Å². The van der Waals surface area contributed by atoms with Gasteiger partial charge in [-0.2, -0.15) is 5.10 Å². The standard InChI is InChI=1S/C16H23N3/c1-4-14-5-7-16(8-6-14)13(2)17-10-9-15-11-18-19(3)12-15/h5-8,11-13,17H,4,9-10H2,1-3H3. The summed E-state index contributed by atoms with van der Waals surface area (Å²) in [6, 6.07) is 9.27. The third-order valence-corrected chi connectivity index (χ3v) is 3.51. The van der Waals surface area contributed by atoms with Gasteiger partial charge in [-0.3, -0.25) is 4.68 Å². The van der Waals surface area contributed by atoms with Crippen LogP contribution in [0.25, 0.3) is 0 Å². The van der Waals surface area contributed by atoms with Crippen LogP contribution < -0.4 is 5.32 Å². The predicted molar refractivity (Wildman–Crippen MR) is 79.1 cm³/mol. The summed E-state index contributed by atoms with van der Waals surface area (Å²) in [7, 11) is 1.95. The Hall–Kier alpha value is -1.61. The molecule has 1 unspecified atom stereocenters. The number of nitrogens with zero attached hydrogens (tertiary/aromatic N) is 2. The lowest BCUT2D eigenvalue weighted by molar-refractivity contribution is 0.576. The van der Waals surface area contributed by atoms with Crippen LogP contribution in [0.2, 0.25) is 0 Å². The van der Waals surface area contributed by atoms with E-state index in [1.54, 1.807) is 0 Å². The molecular weight excluding hydrogens is 234 g/mol. The van der Waals surface area contributed by atoms with Crippen LogP contribution in [0.3, 0.4) is 0 Å². The van der Waals surface area contributed by atoms with Crippen LogP contribution in [-0.2, 0) is 19.9 Å². The van der Waals surface area contributed by atoms with E-state index in [2.05, 4.69) is 54.7 Å². The minimum atomic E-state index is 0.391. The molecule has 1 N–H and O–H groups in total. The van der Waals surface area contributed by atoms with E-state index in [9.17, 15) is 0 Å². The van der Waals surface area contributed by atoms with Crippen LogP contribution in [0, 0.1) is 0 Å². The van der Waals surface area contributed by atoms with Gasteiger partial charge in [0.2, 0.25) is 0 Å². The quantitative estimate of drug-likeness (QED) is 0.862. The summed E-state index contributed by atoms with van der Waals surface area (Å²) >= 11 is 0. The molecular formula is C16H23N3. The molecule has 1 aromatic carbocycles. The lowest BCUT2D eigenvalue weighted by Gasteiger charge is -2.14. The van der Waals surface area contributed by atoms with E-state index in [-0.39, 0.29) is 0 Å². The molecule has 2 rings (SSSR count). The zero-order chi connectivity index (χ0) is 13.7. The van der Waals surface area contributed by atoms with Crippen molar-refractivity contribution < 1.29 is 0 Å². The summed E-state index contributed by atoms with van der Waals surface area (Å²) < 4.78 is 1.85. The van der Waals surface area contributed by atoms with E-state index in [4.69, 9.17) is 0 Å². The van der Waals surface area contributed by atoms with Crippen molar-refractivity contribution >= 4 is 0 Å². The van der Waals surface area contributed by atoms with Crippen LogP contribution in [0.1, 0.15) is 36.6 Å². The summed E-state index contributed by atoms with van der Waals surface area (Å²) in [5, 5.41) is 7.74. The van der Waals surface area contributed by atoms with Gasteiger partial charge in [0, 0.05) is 19.3 Å². The second-order valence-corrected chi connectivity index (χ2v) is 5.04. The highest BCUT2D eigenvalue weighted by Gasteiger charge is 2.04. The number of hydrogen-bond donors (Lipinski definition) is 1. The molecule has 0 aliphatic carbocycles. The second-order valence-electron chi connectivity index (χ2n) is 5.04. The highest BCUT2D eigenvalue weighted by atomic mass is 15.2. The molecule has 0 saturated heterocycles. The topological polar surface area (TPSA) is 29.9 Å². The van der Waals surface area contributed by atoms with Gasteiger partial charge in [0.1, 0.15) is 0 Å². The Morgan fingerprint density at radius 3 is 2.53 bits per heavy atom. The van der Waals surface area contributed by atoms with Gasteiger partial charge in [0.15, 0.2) is 0 Å². The maximum atomic E-state index is 4.18. The van der Waals surface area contributed by atoms with Gasteiger partial charge in [-0.05, 0) is 43.0 Å². The summed E-state index contributed by atoms with van der Waals surface area (Å²) in [6.07, 6.45) is 6.12. The van der Waals surface area contributed by atoms with Crippen molar-refractivity contribution in [1.29, 1.82) is 0 Å². The summed E-state index contributed by atoms with van der Waals surface area (Å²) in [5.41, 5.74) is 4.03. The second kappa shape index (κ2) is 6.53. The zero-order valence-corrected chi connectivity index (χ0v) is 12.1. The van der Waals surface area contributed by atoms with E-state index in [1.165, 1.54) is 16.7 Å². The molecule has 3 nitrogen and oxygen atoms in total. The van der Waals surface area contributed by atoms with Crippen molar-refractivity contribution in [2.75, 3.05) is 6.54 Å². The Bertz CT molecular complexity index is 499. The van der Waals surface area contributed by atoms with Gasteiger partial charge in [0.05, 0.1) is 6.20 Å². The van der Waals surface area contributed by atoms with Crippen LogP contribution in [0.5, 0.6) is 0 Å². The van der Waals surface area contributed by atoms with Gasteiger partial charge in [-0.25, -0.2) is 0 Å². The first-order chi connectivity index (χ1) is 9.19. The van der Waals surface area contributed by atoms with Gasteiger partial charge in [0.25, 0.3) is 0 Å². The average Bonchev–Trinajstić information content (AvgIpc) is 2.84. The summed E-state index contributed by atoms with van der Waals surface area (Å²) in [5.74, 6) is 0. The SMILES string of the molecule is CCc1ccc(C(C)NCCc2cnn(C)c2)cc1. The first-order valence-corrected chi connectivity index (χ1v) is 6.98. The predicted octanol–water partition coefficient (Wildman–Crippen LogP) is 2.88. The highest BCUT2D eigenvalue weighted by Crippen LogP contribution is 2.13. The minimum Gasteiger partial charge on any atom is -0.310 e. The summed E-state index contributed by atoms with van der Waals surface area (Å²) in [4.78, 5) is 0. The fourth-order valence-corrected chi connectivity index (χ4v) is 2.19. The minimum absolute atomic E-state index is 0.391. The molecule has 1 aromatic heterocycles. The molecule has 0 fully saturated rings. The number of rotatable bonds is 6. The molecule has 0 aliphatic rings. The summed E-state index contributed by atoms with van der Waals surface area (Å²) in [6.45, 7) is 5.37. The molecule has 102 valence electrons. The third-order valence-electron chi connectivity index (χ3n) is 3.51. The van der Waals surface area contributed by atoms with Crippen LogP contribution in [0.4, 0.5) is 0 Å². The fraction of sp³-hybridized carbons (Fsp3) is 0.438. The van der Waals surface area contributed by atoms with Crippen molar-refractivity contribution in [2.45, 2.75) is 32.7 Å². The molecule has 19 heavy (non-hydrogen) atoms. The van der Waals surface area contributed by atoms with Crippen molar-refractivity contribution in [3.05, 3.63) is 53.3 Å². The Morgan fingerprint density at radius 1 is 1.21 bits per heavy atom. The Kier molecular flexibility index (Phi) is 4.74. The van der Waals surface area contributed by atoms with Gasteiger partial charge in [-0.1, -0.05) is 31.2 Å². The maximum Gasteiger partial charge on any atom is 0.0522 e. The normalized spacial score (nSPS) is 12.6. The molecule has 0 bridgehead atoms. The Morgan fingerprint density at radius 2 is 1.95 bits per heavy atom. The van der Waals surface area contributed by atoms with Crippen LogP contribution in [-0.4, -0.2) is 16.3 Å². The number of aryl methyl sites for hydroxylation is 2. The highest BCUT2D eigenvalue weighted by molar-refractivity contribution is 5.24. The van der Waals surface area contributed by atoms with Crippen LogP contribution in [0.15, 0.2) is 36.7 Å². The van der Waals surface area contributed by atoms with E-state index in [0.29, 0.717) is 6.04 Å². The third kappa shape index (κ3) is 3.93. The Balaban J connectivity index is 1.81. The number of nitrogens with one attached hydrogen (secondary N) is 1. The van der Waals surface area contributed by atoms with Gasteiger partial charge < -0.3 is 5.32 Å². The smallest absolute Gasteiger partial charge is 0.0522 e. The first-order valence-electron chi connectivity index (χ1n) is 6.98. The van der Waals surface area contributed by atoms with Crippen LogP contribution >= 0.6 is 0 Å². The zero-order valence-electron chi connectivity index (χ0n) is 12.1. The average molecular weight is 257 g/mol. The van der Waals surface area contributed by atoms with E-state index < -0.39 is 0 Å². The lowest BCUT2D eigenvalue weighted by atomic mass is 10.0. The Labute approximate surface area is 115 Å². The fourth-order valence-electron chi connectivity index (χ4n) is 2.19. The number of hydrogen-bond acceptors (Lipinski definition) is 2. The maximum absolute atomic E-state index is 4.18. The molecule has 0 radical (unpaired) electrons. The largest absolute Gasteiger partial charge is 0.310 e.